The predicted molar refractivity (Wildman–Crippen MR) is 83.0 cm³/mol. The van der Waals surface area contributed by atoms with E-state index in [2.05, 4.69) is 43.4 Å². The maximum absolute atomic E-state index is 5.78. The van der Waals surface area contributed by atoms with E-state index in [0.29, 0.717) is 11.3 Å². The van der Waals surface area contributed by atoms with Crippen LogP contribution in [0.5, 0.6) is 0 Å². The second kappa shape index (κ2) is 7.93. The number of hydrogen-bond acceptors (Lipinski definition) is 3. The maximum atomic E-state index is 5.78. The molecule has 0 radical (unpaired) electrons. The monoisotopic (exact) mass is 279 g/mol. The minimum atomic E-state index is 0.462. The first-order chi connectivity index (χ1) is 9.35. The van der Waals surface area contributed by atoms with Gasteiger partial charge in [0.05, 0.1) is 6.61 Å². The molecule has 2 unspecified atom stereocenters. The SMILES string of the molecule is CCCNC(COCCC)C1Cc2ccccc2S1. The van der Waals surface area contributed by atoms with E-state index in [9.17, 15) is 0 Å². The lowest BCUT2D eigenvalue weighted by atomic mass is 10.1. The second-order valence-corrected chi connectivity index (χ2v) is 6.38. The summed E-state index contributed by atoms with van der Waals surface area (Å²) in [5.74, 6) is 0. The van der Waals surface area contributed by atoms with Crippen LogP contribution in [0.1, 0.15) is 32.3 Å². The highest BCUT2D eigenvalue weighted by molar-refractivity contribution is 8.00. The van der Waals surface area contributed by atoms with Gasteiger partial charge in [-0.1, -0.05) is 32.0 Å². The molecule has 2 rings (SSSR count). The number of thioether (sulfide) groups is 1. The highest BCUT2D eigenvalue weighted by atomic mass is 32.2. The molecule has 1 N–H and O–H groups in total. The lowest BCUT2D eigenvalue weighted by Gasteiger charge is -2.24. The summed E-state index contributed by atoms with van der Waals surface area (Å²) < 4.78 is 5.78. The molecule has 0 spiro atoms. The number of benzene rings is 1. The van der Waals surface area contributed by atoms with Crippen LogP contribution >= 0.6 is 11.8 Å². The first-order valence-corrected chi connectivity index (χ1v) is 8.28. The lowest BCUT2D eigenvalue weighted by Crippen LogP contribution is -2.42. The van der Waals surface area contributed by atoms with E-state index < -0.39 is 0 Å². The van der Waals surface area contributed by atoms with Gasteiger partial charge < -0.3 is 10.1 Å². The Morgan fingerprint density at radius 3 is 2.89 bits per heavy atom. The van der Waals surface area contributed by atoms with Crippen molar-refractivity contribution in [3.8, 4) is 0 Å². The summed E-state index contributed by atoms with van der Waals surface area (Å²) in [5, 5.41) is 4.27. The van der Waals surface area contributed by atoms with E-state index in [-0.39, 0.29) is 0 Å². The molecule has 106 valence electrons. The standard InChI is InChI=1S/C16H25NOS/c1-3-9-17-14(12-18-10-4-2)16-11-13-7-5-6-8-15(13)19-16/h5-8,14,16-17H,3-4,9-12H2,1-2H3. The zero-order valence-electron chi connectivity index (χ0n) is 12.0. The zero-order valence-corrected chi connectivity index (χ0v) is 12.8. The van der Waals surface area contributed by atoms with Crippen LogP contribution < -0.4 is 5.32 Å². The van der Waals surface area contributed by atoms with Crippen LogP contribution in [0.15, 0.2) is 29.2 Å². The Hall–Kier alpha value is -0.510. The Morgan fingerprint density at radius 1 is 1.32 bits per heavy atom. The van der Waals surface area contributed by atoms with Gasteiger partial charge in [-0.15, -0.1) is 11.8 Å². The van der Waals surface area contributed by atoms with Gasteiger partial charge in [-0.25, -0.2) is 0 Å². The fourth-order valence-corrected chi connectivity index (χ4v) is 3.80. The van der Waals surface area contributed by atoms with Crippen LogP contribution in [0.3, 0.4) is 0 Å². The van der Waals surface area contributed by atoms with Crippen LogP contribution in [-0.4, -0.2) is 31.1 Å². The van der Waals surface area contributed by atoms with Crippen molar-refractivity contribution in [1.29, 1.82) is 0 Å². The van der Waals surface area contributed by atoms with Gasteiger partial charge in [0.15, 0.2) is 0 Å². The third kappa shape index (κ3) is 4.23. The summed E-state index contributed by atoms with van der Waals surface area (Å²) >= 11 is 2.01. The number of ether oxygens (including phenoxy) is 1. The molecule has 1 aromatic carbocycles. The van der Waals surface area contributed by atoms with Crippen molar-refractivity contribution in [3.05, 3.63) is 29.8 Å². The first kappa shape index (κ1) is 14.9. The largest absolute Gasteiger partial charge is 0.380 e. The fourth-order valence-electron chi connectivity index (χ4n) is 2.42. The summed E-state index contributed by atoms with van der Waals surface area (Å²) in [6.45, 7) is 7.16. The Kier molecular flexibility index (Phi) is 6.21. The van der Waals surface area contributed by atoms with E-state index >= 15 is 0 Å². The highest BCUT2D eigenvalue weighted by Gasteiger charge is 2.28. The number of rotatable bonds is 8. The number of nitrogens with one attached hydrogen (secondary N) is 1. The molecule has 0 saturated heterocycles. The smallest absolute Gasteiger partial charge is 0.0630 e. The second-order valence-electron chi connectivity index (χ2n) is 5.10. The molecule has 0 saturated carbocycles. The average Bonchev–Trinajstić information content (AvgIpc) is 2.86. The molecule has 3 heteroatoms. The molecule has 1 heterocycles. The van der Waals surface area contributed by atoms with Gasteiger partial charge in [-0.3, -0.25) is 0 Å². The summed E-state index contributed by atoms with van der Waals surface area (Å²) in [6.07, 6.45) is 3.44. The maximum Gasteiger partial charge on any atom is 0.0630 e. The predicted octanol–water partition coefficient (Wildman–Crippen LogP) is 3.50. The van der Waals surface area contributed by atoms with E-state index in [4.69, 9.17) is 4.74 Å². The summed E-state index contributed by atoms with van der Waals surface area (Å²) in [6, 6.07) is 9.24. The van der Waals surface area contributed by atoms with Crippen LogP contribution in [-0.2, 0) is 11.2 Å². The van der Waals surface area contributed by atoms with Gasteiger partial charge in [0.2, 0.25) is 0 Å². The van der Waals surface area contributed by atoms with Crippen molar-refractivity contribution < 1.29 is 4.74 Å². The summed E-state index contributed by atoms with van der Waals surface area (Å²) in [7, 11) is 0. The van der Waals surface area contributed by atoms with Crippen LogP contribution in [0.4, 0.5) is 0 Å². The van der Waals surface area contributed by atoms with Gasteiger partial charge >= 0.3 is 0 Å². The quantitative estimate of drug-likeness (QED) is 0.736. The minimum Gasteiger partial charge on any atom is -0.380 e. The van der Waals surface area contributed by atoms with Gasteiger partial charge in [0.25, 0.3) is 0 Å². The third-order valence-corrected chi connectivity index (χ3v) is 4.87. The van der Waals surface area contributed by atoms with Crippen molar-refractivity contribution >= 4 is 11.8 Å². The normalized spacial score (nSPS) is 19.4. The number of fused-ring (bicyclic) bond motifs is 1. The fraction of sp³-hybridized carbons (Fsp3) is 0.625. The average molecular weight is 279 g/mol. The van der Waals surface area contributed by atoms with Gasteiger partial charge in [0, 0.05) is 22.8 Å². The van der Waals surface area contributed by atoms with E-state index in [1.165, 1.54) is 16.9 Å². The third-order valence-electron chi connectivity index (χ3n) is 3.42. The topological polar surface area (TPSA) is 21.3 Å². The molecular formula is C16H25NOS. The molecule has 0 aliphatic carbocycles. The Bertz CT molecular complexity index is 358. The van der Waals surface area contributed by atoms with Crippen molar-refractivity contribution in [1.82, 2.24) is 5.32 Å². The molecule has 0 fully saturated rings. The van der Waals surface area contributed by atoms with Crippen molar-refractivity contribution in [2.45, 2.75) is 49.3 Å². The minimum absolute atomic E-state index is 0.462. The van der Waals surface area contributed by atoms with Gasteiger partial charge in [0.1, 0.15) is 0 Å². The van der Waals surface area contributed by atoms with Crippen molar-refractivity contribution in [3.63, 3.8) is 0 Å². The molecule has 1 aliphatic heterocycles. The molecule has 0 bridgehead atoms. The molecule has 2 nitrogen and oxygen atoms in total. The van der Waals surface area contributed by atoms with Crippen LogP contribution in [0.2, 0.25) is 0 Å². The highest BCUT2D eigenvalue weighted by Crippen LogP contribution is 2.38. The van der Waals surface area contributed by atoms with E-state index in [1.54, 1.807) is 0 Å². The molecule has 0 aromatic heterocycles. The number of hydrogen-bond donors (Lipinski definition) is 1. The summed E-state index contributed by atoms with van der Waals surface area (Å²) in [4.78, 5) is 1.45. The van der Waals surface area contributed by atoms with Gasteiger partial charge in [-0.2, -0.15) is 0 Å². The van der Waals surface area contributed by atoms with Crippen LogP contribution in [0, 0.1) is 0 Å². The van der Waals surface area contributed by atoms with Crippen LogP contribution in [0.25, 0.3) is 0 Å². The molecule has 19 heavy (non-hydrogen) atoms. The first-order valence-electron chi connectivity index (χ1n) is 7.40. The molecular weight excluding hydrogens is 254 g/mol. The Balaban J connectivity index is 1.92. The van der Waals surface area contributed by atoms with E-state index in [0.717, 1.165) is 32.6 Å². The molecule has 0 amide bonds. The van der Waals surface area contributed by atoms with Gasteiger partial charge in [-0.05, 0) is 37.4 Å². The zero-order chi connectivity index (χ0) is 13.5. The van der Waals surface area contributed by atoms with E-state index in [1.807, 2.05) is 11.8 Å². The molecule has 2 atom stereocenters. The Labute approximate surface area is 121 Å². The molecule has 1 aromatic rings. The summed E-state index contributed by atoms with van der Waals surface area (Å²) in [5.41, 5.74) is 1.50. The Morgan fingerprint density at radius 2 is 2.16 bits per heavy atom. The van der Waals surface area contributed by atoms with Crippen molar-refractivity contribution in [2.24, 2.45) is 0 Å². The lowest BCUT2D eigenvalue weighted by molar-refractivity contribution is 0.111. The van der Waals surface area contributed by atoms with Crippen molar-refractivity contribution in [2.75, 3.05) is 19.8 Å². The molecule has 1 aliphatic rings.